The summed E-state index contributed by atoms with van der Waals surface area (Å²) in [6, 6.07) is 6.26. The van der Waals surface area contributed by atoms with E-state index in [0.29, 0.717) is 12.0 Å². The van der Waals surface area contributed by atoms with Gasteiger partial charge in [-0.15, -0.1) is 0 Å². The summed E-state index contributed by atoms with van der Waals surface area (Å²) in [6.45, 7) is 16.5. The molecule has 0 saturated carbocycles. The summed E-state index contributed by atoms with van der Waals surface area (Å²) in [4.78, 5) is 12.5. The van der Waals surface area contributed by atoms with Gasteiger partial charge in [-0.25, -0.2) is 4.99 Å². The molecule has 0 N–H and O–H groups in total. The van der Waals surface area contributed by atoms with Gasteiger partial charge < -0.3 is 9.80 Å². The Balaban J connectivity index is 2.00. The van der Waals surface area contributed by atoms with E-state index < -0.39 is 0 Å². The Morgan fingerprint density at radius 3 is 2.74 bits per heavy atom. The van der Waals surface area contributed by atoms with Gasteiger partial charge in [-0.3, -0.25) is 4.90 Å². The van der Waals surface area contributed by atoms with Crippen molar-refractivity contribution in [2.45, 2.75) is 39.7 Å². The Labute approximate surface area is 169 Å². The van der Waals surface area contributed by atoms with Crippen LogP contribution in [0.3, 0.4) is 0 Å². The Hall–Kier alpha value is -1.36. The molecule has 2 aliphatic heterocycles. The molecule has 0 bridgehead atoms. The fourth-order valence-corrected chi connectivity index (χ4v) is 4.59. The van der Waals surface area contributed by atoms with Gasteiger partial charge in [-0.2, -0.15) is 0 Å². The number of amidine groups is 1. The smallest absolute Gasteiger partial charge is 0.127 e. The topological polar surface area (TPSA) is 22.1 Å². The lowest BCUT2D eigenvalue weighted by Crippen LogP contribution is -2.50. The fourth-order valence-electron chi connectivity index (χ4n) is 4.41. The predicted octanol–water partition coefficient (Wildman–Crippen LogP) is 4.73. The first-order valence-electron chi connectivity index (χ1n) is 10.2. The molecule has 0 unspecified atom stereocenters. The molecule has 3 rings (SSSR count). The van der Waals surface area contributed by atoms with Crippen LogP contribution in [0, 0.1) is 5.92 Å². The van der Waals surface area contributed by atoms with Gasteiger partial charge in [0.1, 0.15) is 5.84 Å². The molecule has 5 heteroatoms. The van der Waals surface area contributed by atoms with Crippen molar-refractivity contribution in [1.82, 2.24) is 14.7 Å². The Morgan fingerprint density at radius 2 is 2.04 bits per heavy atom. The van der Waals surface area contributed by atoms with Crippen molar-refractivity contribution in [3.05, 3.63) is 35.4 Å². The van der Waals surface area contributed by atoms with E-state index in [4.69, 9.17) is 16.6 Å². The third-order valence-electron chi connectivity index (χ3n) is 5.66. The molecule has 0 aliphatic carbocycles. The Morgan fingerprint density at radius 1 is 1.26 bits per heavy atom. The molecule has 1 aromatic carbocycles. The van der Waals surface area contributed by atoms with Gasteiger partial charge in [0.15, 0.2) is 0 Å². The summed E-state index contributed by atoms with van der Waals surface area (Å²) >= 11 is 6.23. The quantitative estimate of drug-likeness (QED) is 0.728. The first-order valence-corrected chi connectivity index (χ1v) is 10.6. The molecule has 2 atom stereocenters. The van der Waals surface area contributed by atoms with E-state index in [1.54, 1.807) is 0 Å². The standard InChI is InChI=1S/C22H33ClN4/c1-6-8-21(26-12-11-25(5)14-16(3)15-26)22-24-20-10-9-18(23)13-19(20)17(4)27(22)7-2/h9-10,13,16,21H,4,6-8,11-12,14-15H2,1-3,5H3/t16-,21+/m1/s1. The average Bonchev–Trinajstić information content (AvgIpc) is 2.80. The van der Waals surface area contributed by atoms with Crippen molar-refractivity contribution in [3.63, 3.8) is 0 Å². The second-order valence-electron chi connectivity index (χ2n) is 7.99. The number of hydrogen-bond donors (Lipinski definition) is 0. The molecule has 148 valence electrons. The van der Waals surface area contributed by atoms with Gasteiger partial charge in [-0.1, -0.05) is 38.4 Å². The summed E-state index contributed by atoms with van der Waals surface area (Å²) in [5, 5.41) is 0.735. The third kappa shape index (κ3) is 4.39. The molecule has 0 radical (unpaired) electrons. The second-order valence-corrected chi connectivity index (χ2v) is 8.43. The zero-order valence-electron chi connectivity index (χ0n) is 17.2. The van der Waals surface area contributed by atoms with Crippen LogP contribution >= 0.6 is 11.6 Å². The molecular weight excluding hydrogens is 356 g/mol. The van der Waals surface area contributed by atoms with Gasteiger partial charge in [0.25, 0.3) is 0 Å². The second kappa shape index (κ2) is 8.76. The van der Waals surface area contributed by atoms with Gasteiger partial charge in [0.05, 0.1) is 11.7 Å². The summed E-state index contributed by atoms with van der Waals surface area (Å²) in [7, 11) is 2.23. The van der Waals surface area contributed by atoms with Crippen LogP contribution in [-0.4, -0.2) is 66.3 Å². The lowest BCUT2D eigenvalue weighted by molar-refractivity contribution is 0.215. The summed E-state index contributed by atoms with van der Waals surface area (Å²) in [6.07, 6.45) is 2.25. The van der Waals surface area contributed by atoms with Gasteiger partial charge in [-0.05, 0) is 44.5 Å². The number of nitrogens with zero attached hydrogens (tertiary/aromatic N) is 4. The lowest BCUT2D eigenvalue weighted by Gasteiger charge is -2.40. The maximum Gasteiger partial charge on any atom is 0.127 e. The highest BCUT2D eigenvalue weighted by molar-refractivity contribution is 6.31. The van der Waals surface area contributed by atoms with Crippen LogP contribution in [0.2, 0.25) is 5.02 Å². The molecule has 0 aromatic heterocycles. The first-order chi connectivity index (χ1) is 12.9. The van der Waals surface area contributed by atoms with E-state index in [9.17, 15) is 0 Å². The number of rotatable bonds is 5. The van der Waals surface area contributed by atoms with Crippen molar-refractivity contribution >= 4 is 28.8 Å². The normalized spacial score (nSPS) is 23.0. The van der Waals surface area contributed by atoms with Crippen LogP contribution in [-0.2, 0) is 0 Å². The van der Waals surface area contributed by atoms with Crippen LogP contribution in [0.1, 0.15) is 39.2 Å². The van der Waals surface area contributed by atoms with Crippen molar-refractivity contribution in [2.24, 2.45) is 10.9 Å². The van der Waals surface area contributed by atoms with Crippen LogP contribution in [0.25, 0.3) is 5.70 Å². The van der Waals surface area contributed by atoms with Crippen molar-refractivity contribution in [2.75, 3.05) is 39.8 Å². The van der Waals surface area contributed by atoms with E-state index in [-0.39, 0.29) is 0 Å². The zero-order valence-corrected chi connectivity index (χ0v) is 18.0. The number of hydrogen-bond acceptors (Lipinski definition) is 4. The lowest BCUT2D eigenvalue weighted by atomic mass is 10.0. The molecule has 1 aromatic rings. The highest BCUT2D eigenvalue weighted by Crippen LogP contribution is 2.36. The predicted molar refractivity (Wildman–Crippen MR) is 117 cm³/mol. The van der Waals surface area contributed by atoms with Crippen LogP contribution in [0.5, 0.6) is 0 Å². The van der Waals surface area contributed by atoms with Crippen molar-refractivity contribution in [1.29, 1.82) is 0 Å². The third-order valence-corrected chi connectivity index (χ3v) is 5.90. The van der Waals surface area contributed by atoms with Gasteiger partial charge in [0.2, 0.25) is 0 Å². The van der Waals surface area contributed by atoms with Crippen molar-refractivity contribution < 1.29 is 0 Å². The van der Waals surface area contributed by atoms with Crippen LogP contribution < -0.4 is 0 Å². The molecule has 2 heterocycles. The molecule has 27 heavy (non-hydrogen) atoms. The number of likely N-dealkylation sites (N-methyl/N-ethyl adjacent to an activating group) is 2. The highest BCUT2D eigenvalue weighted by Gasteiger charge is 2.33. The van der Waals surface area contributed by atoms with Gasteiger partial charge >= 0.3 is 0 Å². The van der Waals surface area contributed by atoms with E-state index in [0.717, 1.165) is 73.4 Å². The minimum Gasteiger partial charge on any atom is -0.329 e. The molecule has 4 nitrogen and oxygen atoms in total. The molecule has 2 aliphatic rings. The largest absolute Gasteiger partial charge is 0.329 e. The van der Waals surface area contributed by atoms with E-state index in [1.807, 2.05) is 18.2 Å². The monoisotopic (exact) mass is 388 g/mol. The van der Waals surface area contributed by atoms with E-state index >= 15 is 0 Å². The highest BCUT2D eigenvalue weighted by atomic mass is 35.5. The Bertz CT molecular complexity index is 714. The van der Waals surface area contributed by atoms with Gasteiger partial charge in [0, 0.05) is 49.0 Å². The molecule has 0 amide bonds. The number of fused-ring (bicyclic) bond motifs is 1. The number of benzene rings is 1. The average molecular weight is 389 g/mol. The van der Waals surface area contributed by atoms with Crippen molar-refractivity contribution in [3.8, 4) is 0 Å². The minimum absolute atomic E-state index is 0.324. The first kappa shape index (κ1) is 20.4. The zero-order chi connectivity index (χ0) is 19.6. The minimum atomic E-state index is 0.324. The SMILES string of the molecule is C=C1c2cc(Cl)ccc2N=C([C@H](CCC)N2CCN(C)C[C@@H](C)C2)N1CC. The molecule has 1 fully saturated rings. The fraction of sp³-hybridized carbons (Fsp3) is 0.591. The number of aliphatic imine (C=N–C) groups is 1. The van der Waals surface area contributed by atoms with Crippen LogP contribution in [0.15, 0.2) is 29.8 Å². The Kier molecular flexibility index (Phi) is 6.61. The maximum atomic E-state index is 6.23. The van der Waals surface area contributed by atoms with E-state index in [1.165, 1.54) is 0 Å². The molecular formula is C22H33ClN4. The van der Waals surface area contributed by atoms with Crippen LogP contribution in [0.4, 0.5) is 5.69 Å². The summed E-state index contributed by atoms with van der Waals surface area (Å²) in [5.74, 6) is 1.81. The molecule has 0 spiro atoms. The molecule has 1 saturated heterocycles. The summed E-state index contributed by atoms with van der Waals surface area (Å²) in [5.41, 5.74) is 3.05. The number of halogens is 1. The maximum absolute atomic E-state index is 6.23. The summed E-state index contributed by atoms with van der Waals surface area (Å²) < 4.78 is 0. The van der Waals surface area contributed by atoms with E-state index in [2.05, 4.69) is 49.1 Å².